The standard InChI is InChI=1S/C21H22N6O3/c1-24-18(28)10-5-13-3-2-4-15(11-13)14-6-8-16(9-7-14)27-12-17(25-21(23)30)19(26-27)20(22)29/h2-4,6-9,11-12H,5,10H2,1H3,(H2,22,29)(H,24,28)(H3,23,25,30). The molecule has 2 aromatic carbocycles. The third-order valence-electron chi connectivity index (χ3n) is 4.52. The van der Waals surface area contributed by atoms with E-state index >= 15 is 0 Å². The van der Waals surface area contributed by atoms with Crippen molar-refractivity contribution in [3.05, 3.63) is 66.0 Å². The van der Waals surface area contributed by atoms with E-state index in [9.17, 15) is 14.4 Å². The highest BCUT2D eigenvalue weighted by Crippen LogP contribution is 2.24. The van der Waals surface area contributed by atoms with Crippen molar-refractivity contribution in [1.29, 1.82) is 0 Å². The smallest absolute Gasteiger partial charge is 0.316 e. The van der Waals surface area contributed by atoms with Gasteiger partial charge in [0.25, 0.3) is 5.91 Å². The van der Waals surface area contributed by atoms with E-state index in [0.717, 1.165) is 16.7 Å². The molecule has 0 saturated heterocycles. The zero-order chi connectivity index (χ0) is 21.7. The Bertz CT molecular complexity index is 1090. The summed E-state index contributed by atoms with van der Waals surface area (Å²) in [5.74, 6) is -0.771. The van der Waals surface area contributed by atoms with Gasteiger partial charge in [0, 0.05) is 13.5 Å². The molecule has 3 rings (SSSR count). The number of aryl methyl sites for hydroxylation is 1. The normalized spacial score (nSPS) is 10.4. The maximum absolute atomic E-state index is 11.6. The molecule has 0 saturated carbocycles. The van der Waals surface area contributed by atoms with Crippen molar-refractivity contribution >= 4 is 23.5 Å². The Kier molecular flexibility index (Phi) is 6.11. The van der Waals surface area contributed by atoms with E-state index in [1.807, 2.05) is 48.5 Å². The molecule has 9 heteroatoms. The predicted octanol–water partition coefficient (Wildman–Crippen LogP) is 1.81. The number of benzene rings is 2. The summed E-state index contributed by atoms with van der Waals surface area (Å²) in [7, 11) is 1.62. The molecule has 0 unspecified atom stereocenters. The fourth-order valence-corrected chi connectivity index (χ4v) is 3.01. The van der Waals surface area contributed by atoms with Gasteiger partial charge in [0.15, 0.2) is 5.69 Å². The zero-order valence-electron chi connectivity index (χ0n) is 16.4. The maximum Gasteiger partial charge on any atom is 0.316 e. The van der Waals surface area contributed by atoms with Gasteiger partial charge >= 0.3 is 6.03 Å². The maximum atomic E-state index is 11.6. The van der Waals surface area contributed by atoms with Crippen LogP contribution in [0.5, 0.6) is 0 Å². The molecular formula is C21H22N6O3. The van der Waals surface area contributed by atoms with Crippen molar-refractivity contribution < 1.29 is 14.4 Å². The molecular weight excluding hydrogens is 384 g/mol. The molecule has 1 heterocycles. The molecule has 0 aliphatic carbocycles. The number of nitrogens with zero attached hydrogens (tertiary/aromatic N) is 2. The van der Waals surface area contributed by atoms with Crippen LogP contribution in [0.15, 0.2) is 54.7 Å². The monoisotopic (exact) mass is 406 g/mol. The Hall–Kier alpha value is -4.14. The summed E-state index contributed by atoms with van der Waals surface area (Å²) in [5, 5.41) is 9.09. The zero-order valence-corrected chi connectivity index (χ0v) is 16.4. The molecule has 0 fully saturated rings. The van der Waals surface area contributed by atoms with Crippen LogP contribution in [0.2, 0.25) is 0 Å². The number of urea groups is 1. The molecule has 1 aromatic heterocycles. The lowest BCUT2D eigenvalue weighted by atomic mass is 10.0. The summed E-state index contributed by atoms with van der Waals surface area (Å²) in [6.07, 6.45) is 2.56. The van der Waals surface area contributed by atoms with Crippen molar-refractivity contribution in [2.24, 2.45) is 11.5 Å². The fourth-order valence-electron chi connectivity index (χ4n) is 3.01. The van der Waals surface area contributed by atoms with Crippen molar-refractivity contribution in [3.8, 4) is 16.8 Å². The van der Waals surface area contributed by atoms with Gasteiger partial charge in [0.1, 0.15) is 0 Å². The molecule has 154 valence electrons. The minimum absolute atomic E-state index is 0.00417. The van der Waals surface area contributed by atoms with Gasteiger partial charge in [0.05, 0.1) is 17.6 Å². The van der Waals surface area contributed by atoms with Crippen LogP contribution < -0.4 is 22.1 Å². The largest absolute Gasteiger partial charge is 0.364 e. The quantitative estimate of drug-likeness (QED) is 0.474. The molecule has 0 radical (unpaired) electrons. The SMILES string of the molecule is CNC(=O)CCc1cccc(-c2ccc(-n3cc(NC(N)=O)c(C(N)=O)n3)cc2)c1. The topological polar surface area (TPSA) is 145 Å². The number of nitrogens with one attached hydrogen (secondary N) is 2. The minimum atomic E-state index is -0.816. The second-order valence-electron chi connectivity index (χ2n) is 6.61. The van der Waals surface area contributed by atoms with Crippen molar-refractivity contribution in [2.75, 3.05) is 12.4 Å². The number of carbonyl (C=O) groups is 3. The molecule has 0 spiro atoms. The molecule has 0 atom stereocenters. The Balaban J connectivity index is 1.83. The minimum Gasteiger partial charge on any atom is -0.364 e. The number of anilines is 1. The number of rotatable bonds is 7. The fraction of sp³-hybridized carbons (Fsp3) is 0.143. The number of nitrogens with two attached hydrogens (primary N) is 2. The molecule has 0 bridgehead atoms. The van der Waals surface area contributed by atoms with Gasteiger partial charge in [0.2, 0.25) is 5.91 Å². The molecule has 30 heavy (non-hydrogen) atoms. The summed E-state index contributed by atoms with van der Waals surface area (Å²) in [4.78, 5) is 34.1. The highest BCUT2D eigenvalue weighted by molar-refractivity contribution is 6.00. The number of hydrogen-bond donors (Lipinski definition) is 4. The van der Waals surface area contributed by atoms with Crippen LogP contribution in [-0.2, 0) is 11.2 Å². The first-order valence-corrected chi connectivity index (χ1v) is 9.23. The summed E-state index contributed by atoms with van der Waals surface area (Å²) in [6, 6.07) is 14.7. The van der Waals surface area contributed by atoms with Crippen LogP contribution in [0.4, 0.5) is 10.5 Å². The first-order chi connectivity index (χ1) is 14.4. The van der Waals surface area contributed by atoms with Gasteiger partial charge in [-0.1, -0.05) is 36.4 Å². The molecule has 9 nitrogen and oxygen atoms in total. The van der Waals surface area contributed by atoms with Gasteiger partial charge in [-0.05, 0) is 35.2 Å². The molecule has 3 aromatic rings. The summed E-state index contributed by atoms with van der Waals surface area (Å²) in [5.41, 5.74) is 14.2. The number of hydrogen-bond acceptors (Lipinski definition) is 4. The van der Waals surface area contributed by atoms with Crippen LogP contribution >= 0.6 is 0 Å². The van der Waals surface area contributed by atoms with E-state index in [4.69, 9.17) is 11.5 Å². The third kappa shape index (κ3) is 4.82. The van der Waals surface area contributed by atoms with Gasteiger partial charge < -0.3 is 22.1 Å². The Morgan fingerprint density at radius 2 is 1.77 bits per heavy atom. The lowest BCUT2D eigenvalue weighted by Gasteiger charge is -2.07. The predicted molar refractivity (Wildman–Crippen MR) is 113 cm³/mol. The van der Waals surface area contributed by atoms with Crippen molar-refractivity contribution in [2.45, 2.75) is 12.8 Å². The van der Waals surface area contributed by atoms with Gasteiger partial charge in [-0.3, -0.25) is 9.59 Å². The lowest BCUT2D eigenvalue weighted by molar-refractivity contribution is -0.120. The highest BCUT2D eigenvalue weighted by atomic mass is 16.2. The van der Waals surface area contributed by atoms with Crippen LogP contribution in [0.25, 0.3) is 16.8 Å². The lowest BCUT2D eigenvalue weighted by Crippen LogP contribution is -2.22. The second kappa shape index (κ2) is 8.91. The highest BCUT2D eigenvalue weighted by Gasteiger charge is 2.16. The van der Waals surface area contributed by atoms with Crippen molar-refractivity contribution in [1.82, 2.24) is 15.1 Å². The molecule has 0 aliphatic rings. The Labute approximate surface area is 173 Å². The van der Waals surface area contributed by atoms with Crippen LogP contribution in [0.1, 0.15) is 22.5 Å². The van der Waals surface area contributed by atoms with Gasteiger partial charge in [-0.25, -0.2) is 9.48 Å². The van der Waals surface area contributed by atoms with Crippen LogP contribution in [-0.4, -0.2) is 34.7 Å². The van der Waals surface area contributed by atoms with E-state index in [1.165, 1.54) is 10.9 Å². The average Bonchev–Trinajstić information content (AvgIpc) is 3.15. The van der Waals surface area contributed by atoms with E-state index in [1.54, 1.807) is 7.05 Å². The third-order valence-corrected chi connectivity index (χ3v) is 4.52. The molecule has 4 amide bonds. The Morgan fingerprint density at radius 1 is 1.03 bits per heavy atom. The summed E-state index contributed by atoms with van der Waals surface area (Å²) < 4.78 is 1.44. The van der Waals surface area contributed by atoms with Gasteiger partial charge in [-0.2, -0.15) is 5.10 Å². The number of amides is 4. The number of carbonyl (C=O) groups excluding carboxylic acids is 3. The van der Waals surface area contributed by atoms with E-state index in [0.29, 0.717) is 18.5 Å². The summed E-state index contributed by atoms with van der Waals surface area (Å²) in [6.45, 7) is 0. The van der Waals surface area contributed by atoms with Crippen LogP contribution in [0, 0.1) is 0 Å². The average molecular weight is 406 g/mol. The second-order valence-corrected chi connectivity index (χ2v) is 6.61. The first kappa shape index (κ1) is 20.6. The molecule has 0 aliphatic heterocycles. The summed E-state index contributed by atoms with van der Waals surface area (Å²) >= 11 is 0. The van der Waals surface area contributed by atoms with E-state index < -0.39 is 11.9 Å². The van der Waals surface area contributed by atoms with Crippen LogP contribution in [0.3, 0.4) is 0 Å². The number of aromatic nitrogens is 2. The van der Waals surface area contributed by atoms with Crippen molar-refractivity contribution in [3.63, 3.8) is 0 Å². The Morgan fingerprint density at radius 3 is 2.40 bits per heavy atom. The molecule has 6 N–H and O–H groups in total. The number of primary amides is 2. The van der Waals surface area contributed by atoms with Gasteiger partial charge in [-0.15, -0.1) is 0 Å². The first-order valence-electron chi connectivity index (χ1n) is 9.23. The van der Waals surface area contributed by atoms with E-state index in [-0.39, 0.29) is 17.3 Å². The van der Waals surface area contributed by atoms with E-state index in [2.05, 4.69) is 15.7 Å².